The third-order valence-electron chi connectivity index (χ3n) is 3.68. The van der Waals surface area contributed by atoms with Gasteiger partial charge in [0.15, 0.2) is 5.13 Å². The van der Waals surface area contributed by atoms with E-state index in [0.29, 0.717) is 11.6 Å². The van der Waals surface area contributed by atoms with Crippen molar-refractivity contribution >= 4 is 28.3 Å². The molecule has 1 unspecified atom stereocenters. The highest BCUT2D eigenvalue weighted by Crippen LogP contribution is 2.13. The van der Waals surface area contributed by atoms with Gasteiger partial charge in [0.2, 0.25) is 11.8 Å². The number of thiazole rings is 1. The molecule has 1 heterocycles. The molecule has 6 heteroatoms. The lowest BCUT2D eigenvalue weighted by Crippen LogP contribution is -2.43. The molecule has 0 aliphatic carbocycles. The predicted octanol–water partition coefficient (Wildman–Crippen LogP) is 3.68. The minimum Gasteiger partial charge on any atom is -0.331 e. The number of unbranched alkanes of at least 4 members (excludes halogenated alkanes) is 3. The molecular weight excluding hydrogens is 298 g/mol. The number of nitrogens with zero attached hydrogens (tertiary/aromatic N) is 2. The lowest BCUT2D eigenvalue weighted by atomic mass is 10.1. The molecule has 1 N–H and O–H groups in total. The molecule has 0 aliphatic rings. The van der Waals surface area contributed by atoms with Crippen LogP contribution in [0.1, 0.15) is 59.3 Å². The van der Waals surface area contributed by atoms with Crippen LogP contribution in [0.15, 0.2) is 11.6 Å². The fraction of sp³-hybridized carbons (Fsp3) is 0.688. The van der Waals surface area contributed by atoms with Crippen LogP contribution in [-0.4, -0.2) is 34.3 Å². The fourth-order valence-electron chi connectivity index (χ4n) is 2.16. The second-order valence-electron chi connectivity index (χ2n) is 5.48. The third kappa shape index (κ3) is 6.56. The number of rotatable bonds is 10. The van der Waals surface area contributed by atoms with E-state index in [4.69, 9.17) is 0 Å². The predicted molar refractivity (Wildman–Crippen MR) is 91.0 cm³/mol. The molecule has 2 amide bonds. The lowest BCUT2D eigenvalue weighted by Gasteiger charge is -2.28. The number of anilines is 1. The maximum atomic E-state index is 12.4. The van der Waals surface area contributed by atoms with E-state index in [1.807, 2.05) is 13.8 Å². The van der Waals surface area contributed by atoms with E-state index in [9.17, 15) is 9.59 Å². The average Bonchev–Trinajstić information content (AvgIpc) is 3.01. The maximum Gasteiger partial charge on any atom is 0.245 e. The van der Waals surface area contributed by atoms with Gasteiger partial charge in [-0.1, -0.05) is 33.1 Å². The van der Waals surface area contributed by atoms with Crippen molar-refractivity contribution in [3.05, 3.63) is 11.6 Å². The summed E-state index contributed by atoms with van der Waals surface area (Å²) in [5.41, 5.74) is 0. The average molecular weight is 325 g/mol. The molecular formula is C16H27N3O2S. The topological polar surface area (TPSA) is 62.3 Å². The molecule has 22 heavy (non-hydrogen) atoms. The summed E-state index contributed by atoms with van der Waals surface area (Å²) < 4.78 is 0. The van der Waals surface area contributed by atoms with Crippen LogP contribution >= 0.6 is 11.3 Å². The Labute approximate surface area is 137 Å². The Kier molecular flexibility index (Phi) is 8.74. The Bertz CT molecular complexity index is 448. The van der Waals surface area contributed by atoms with E-state index in [0.717, 1.165) is 32.1 Å². The van der Waals surface area contributed by atoms with Crippen LogP contribution < -0.4 is 5.32 Å². The molecule has 0 saturated carbocycles. The van der Waals surface area contributed by atoms with Gasteiger partial charge in [0.1, 0.15) is 6.54 Å². The highest BCUT2D eigenvalue weighted by Gasteiger charge is 2.21. The summed E-state index contributed by atoms with van der Waals surface area (Å²) in [5, 5.41) is 5.12. The Morgan fingerprint density at radius 3 is 2.68 bits per heavy atom. The number of hydrogen-bond acceptors (Lipinski definition) is 4. The first-order chi connectivity index (χ1) is 10.6. The van der Waals surface area contributed by atoms with Crippen molar-refractivity contribution < 1.29 is 9.59 Å². The smallest absolute Gasteiger partial charge is 0.245 e. The summed E-state index contributed by atoms with van der Waals surface area (Å²) in [7, 11) is 0. The third-order valence-corrected chi connectivity index (χ3v) is 4.37. The number of aromatic nitrogens is 1. The first kappa shape index (κ1) is 18.6. The molecule has 1 rings (SSSR count). The Morgan fingerprint density at radius 2 is 2.09 bits per heavy atom. The van der Waals surface area contributed by atoms with E-state index in [-0.39, 0.29) is 24.4 Å². The largest absolute Gasteiger partial charge is 0.331 e. The van der Waals surface area contributed by atoms with Crippen LogP contribution in [0, 0.1) is 0 Å². The van der Waals surface area contributed by atoms with Gasteiger partial charge < -0.3 is 10.2 Å². The zero-order valence-electron chi connectivity index (χ0n) is 13.8. The first-order valence-corrected chi connectivity index (χ1v) is 8.95. The van der Waals surface area contributed by atoms with Crippen LogP contribution in [0.4, 0.5) is 5.13 Å². The van der Waals surface area contributed by atoms with Crippen LogP contribution in [-0.2, 0) is 9.59 Å². The maximum absolute atomic E-state index is 12.4. The van der Waals surface area contributed by atoms with E-state index in [1.165, 1.54) is 11.3 Å². The molecule has 0 bridgehead atoms. The molecule has 0 saturated heterocycles. The van der Waals surface area contributed by atoms with Crippen molar-refractivity contribution in [1.29, 1.82) is 0 Å². The van der Waals surface area contributed by atoms with Crippen LogP contribution in [0.2, 0.25) is 0 Å². The van der Waals surface area contributed by atoms with Gasteiger partial charge in [-0.25, -0.2) is 4.98 Å². The number of hydrogen-bond donors (Lipinski definition) is 1. The minimum absolute atomic E-state index is 0.0692. The second kappa shape index (κ2) is 10.3. The zero-order valence-corrected chi connectivity index (χ0v) is 14.6. The number of carbonyl (C=O) groups is 2. The summed E-state index contributed by atoms with van der Waals surface area (Å²) in [4.78, 5) is 30.2. The van der Waals surface area contributed by atoms with Crippen molar-refractivity contribution in [1.82, 2.24) is 9.88 Å². The van der Waals surface area contributed by atoms with E-state index in [1.54, 1.807) is 16.5 Å². The van der Waals surface area contributed by atoms with Crippen molar-refractivity contribution in [2.45, 2.75) is 65.3 Å². The SMILES string of the molecule is CCCCCCC(=O)N(CC(=O)Nc1nccs1)C(C)CC. The van der Waals surface area contributed by atoms with Gasteiger partial charge >= 0.3 is 0 Å². The van der Waals surface area contributed by atoms with Gasteiger partial charge in [0.05, 0.1) is 0 Å². The lowest BCUT2D eigenvalue weighted by molar-refractivity contribution is -0.136. The van der Waals surface area contributed by atoms with Gasteiger partial charge in [-0.15, -0.1) is 11.3 Å². The summed E-state index contributed by atoms with van der Waals surface area (Å²) in [6.45, 7) is 6.26. The molecule has 1 aromatic heterocycles. The van der Waals surface area contributed by atoms with E-state index < -0.39 is 0 Å². The number of amides is 2. The molecule has 0 aliphatic heterocycles. The van der Waals surface area contributed by atoms with Gasteiger partial charge in [-0.2, -0.15) is 0 Å². The molecule has 1 aromatic rings. The highest BCUT2D eigenvalue weighted by atomic mass is 32.1. The Hall–Kier alpha value is -1.43. The van der Waals surface area contributed by atoms with Gasteiger partial charge in [-0.05, 0) is 19.8 Å². The summed E-state index contributed by atoms with van der Waals surface area (Å²) >= 11 is 1.37. The summed E-state index contributed by atoms with van der Waals surface area (Å²) in [6.07, 6.45) is 7.28. The highest BCUT2D eigenvalue weighted by molar-refractivity contribution is 7.13. The van der Waals surface area contributed by atoms with Crippen molar-refractivity contribution in [2.24, 2.45) is 0 Å². The van der Waals surface area contributed by atoms with Gasteiger partial charge in [0.25, 0.3) is 0 Å². The molecule has 0 aromatic carbocycles. The molecule has 0 fully saturated rings. The summed E-state index contributed by atoms with van der Waals surface area (Å²) in [5.74, 6) is -0.114. The van der Waals surface area contributed by atoms with Gasteiger partial charge in [0, 0.05) is 24.0 Å². The number of carbonyl (C=O) groups excluding carboxylic acids is 2. The van der Waals surface area contributed by atoms with Crippen molar-refractivity contribution in [3.63, 3.8) is 0 Å². The zero-order chi connectivity index (χ0) is 16.4. The summed E-state index contributed by atoms with van der Waals surface area (Å²) in [6, 6.07) is 0.0701. The van der Waals surface area contributed by atoms with Crippen LogP contribution in [0.3, 0.4) is 0 Å². The van der Waals surface area contributed by atoms with Crippen molar-refractivity contribution in [3.8, 4) is 0 Å². The standard InChI is InChI=1S/C16H27N3O2S/c1-4-6-7-8-9-15(21)19(13(3)5-2)12-14(20)18-16-17-10-11-22-16/h10-11,13H,4-9,12H2,1-3H3,(H,17,18,20). The fourth-order valence-corrected chi connectivity index (χ4v) is 2.70. The quantitative estimate of drug-likeness (QED) is 0.668. The van der Waals surface area contributed by atoms with Gasteiger partial charge in [-0.3, -0.25) is 9.59 Å². The first-order valence-electron chi connectivity index (χ1n) is 8.07. The molecule has 1 atom stereocenters. The Morgan fingerprint density at radius 1 is 1.32 bits per heavy atom. The second-order valence-corrected chi connectivity index (χ2v) is 6.37. The van der Waals surface area contributed by atoms with E-state index >= 15 is 0 Å². The molecule has 0 spiro atoms. The molecule has 124 valence electrons. The monoisotopic (exact) mass is 325 g/mol. The van der Waals surface area contributed by atoms with E-state index in [2.05, 4.69) is 17.2 Å². The molecule has 0 radical (unpaired) electrons. The van der Waals surface area contributed by atoms with Crippen LogP contribution in [0.25, 0.3) is 0 Å². The normalized spacial score (nSPS) is 12.0. The van der Waals surface area contributed by atoms with Crippen LogP contribution in [0.5, 0.6) is 0 Å². The Balaban J connectivity index is 2.52. The minimum atomic E-state index is -0.183. The number of nitrogens with one attached hydrogen (secondary N) is 1. The molecule has 5 nitrogen and oxygen atoms in total. The van der Waals surface area contributed by atoms with Crippen molar-refractivity contribution in [2.75, 3.05) is 11.9 Å².